The molecule has 0 aliphatic heterocycles. The van der Waals surface area contributed by atoms with Gasteiger partial charge in [-0.3, -0.25) is 0 Å². The summed E-state index contributed by atoms with van der Waals surface area (Å²) in [5, 5.41) is 0.958. The van der Waals surface area contributed by atoms with Gasteiger partial charge in [-0.15, -0.1) is 11.3 Å². The highest BCUT2D eigenvalue weighted by Crippen LogP contribution is 2.32. The van der Waals surface area contributed by atoms with Crippen molar-refractivity contribution in [1.82, 2.24) is 9.97 Å². The van der Waals surface area contributed by atoms with Crippen LogP contribution in [0.1, 0.15) is 37.8 Å². The molecule has 0 aliphatic rings. The average molecular weight is 318 g/mol. The van der Waals surface area contributed by atoms with Crippen molar-refractivity contribution >= 4 is 27.7 Å². The first-order chi connectivity index (χ1) is 9.69. The van der Waals surface area contributed by atoms with E-state index in [1.54, 1.807) is 24.3 Å². The lowest BCUT2D eigenvalue weighted by Crippen LogP contribution is -2.04. The summed E-state index contributed by atoms with van der Waals surface area (Å²) in [6.45, 7) is 4.22. The summed E-state index contributed by atoms with van der Waals surface area (Å²) < 4.78 is 5.93. The molecule has 3 rings (SSSR count). The van der Waals surface area contributed by atoms with Crippen LogP contribution < -0.4 is 0 Å². The Morgan fingerprint density at radius 3 is 2.68 bits per heavy atom. The summed E-state index contributed by atoms with van der Waals surface area (Å²) in [7, 11) is 0. The number of rotatable bonds is 3. The molecule has 22 heavy (non-hydrogen) atoms. The van der Waals surface area contributed by atoms with Crippen molar-refractivity contribution in [3.8, 4) is 10.6 Å². The van der Waals surface area contributed by atoms with Crippen LogP contribution in [-0.2, 0) is 4.74 Å². The molecule has 0 saturated carbocycles. The number of nitrogens with zero attached hydrogens (tertiary/aromatic N) is 1. The van der Waals surface area contributed by atoms with Gasteiger partial charge in [-0.2, -0.15) is 0 Å². The van der Waals surface area contributed by atoms with Gasteiger partial charge in [0.1, 0.15) is 16.3 Å². The van der Waals surface area contributed by atoms with Gasteiger partial charge in [-0.05, 0) is 25.5 Å². The van der Waals surface area contributed by atoms with E-state index in [1.807, 2.05) is 12.1 Å². The molecule has 1 N–H and O–H groups in total. The summed E-state index contributed by atoms with van der Waals surface area (Å²) in [6.07, 6.45) is 0. The highest BCUT2D eigenvalue weighted by molar-refractivity contribution is 7.21. The van der Waals surface area contributed by atoms with Crippen LogP contribution in [0.2, 0.25) is 0 Å². The molecule has 118 valence electrons. The molecule has 0 saturated heterocycles. The van der Waals surface area contributed by atoms with E-state index < -0.39 is 0 Å². The Morgan fingerprint density at radius 1 is 1.32 bits per heavy atom. The summed E-state index contributed by atoms with van der Waals surface area (Å²) in [6, 6.07) is 9.93. The molecule has 3 aromatic rings. The van der Waals surface area contributed by atoms with E-state index in [1.165, 1.54) is 5.56 Å². The molecule has 0 spiro atoms. The van der Waals surface area contributed by atoms with E-state index in [2.05, 4.69) is 29.0 Å². The Labute approximate surface area is 135 Å². The molecule has 2 aromatic heterocycles. The molecule has 0 unspecified atom stereocenters. The molecular formula is C17H22N2O2S. The quantitative estimate of drug-likeness (QED) is 0.688. The first kappa shape index (κ1) is 17.9. The zero-order valence-electron chi connectivity index (χ0n) is 11.3. The van der Waals surface area contributed by atoms with E-state index >= 15 is 0 Å². The summed E-state index contributed by atoms with van der Waals surface area (Å²) in [5.74, 6) is -0.338. The number of ether oxygens (including phenoxy) is 1. The van der Waals surface area contributed by atoms with Crippen molar-refractivity contribution in [3.05, 3.63) is 41.6 Å². The first-order valence-corrected chi connectivity index (χ1v) is 7.23. The molecule has 0 atom stereocenters. The van der Waals surface area contributed by atoms with Gasteiger partial charge in [-0.25, -0.2) is 9.78 Å². The number of hydrogen-bond acceptors (Lipinski definition) is 4. The van der Waals surface area contributed by atoms with E-state index in [0.717, 1.165) is 20.9 Å². The van der Waals surface area contributed by atoms with Crippen molar-refractivity contribution in [3.63, 3.8) is 0 Å². The number of H-pyrrole nitrogens is 1. The Hall–Kier alpha value is -2.14. The number of esters is 1. The van der Waals surface area contributed by atoms with Crippen molar-refractivity contribution in [2.24, 2.45) is 0 Å². The Kier molecular flexibility index (Phi) is 5.88. The smallest absolute Gasteiger partial charge is 0.354 e. The summed E-state index contributed by atoms with van der Waals surface area (Å²) in [4.78, 5) is 19.2. The maximum absolute atomic E-state index is 11.6. The van der Waals surface area contributed by atoms with Gasteiger partial charge in [0.15, 0.2) is 0 Å². The van der Waals surface area contributed by atoms with Crippen LogP contribution in [0.4, 0.5) is 0 Å². The zero-order chi connectivity index (χ0) is 14.1. The number of hydrogen-bond donors (Lipinski definition) is 1. The zero-order valence-corrected chi connectivity index (χ0v) is 12.1. The third-order valence-corrected chi connectivity index (χ3v) is 4.09. The van der Waals surface area contributed by atoms with E-state index in [0.29, 0.717) is 12.3 Å². The number of aryl methyl sites for hydroxylation is 1. The minimum atomic E-state index is -0.338. The predicted molar refractivity (Wildman–Crippen MR) is 93.6 cm³/mol. The van der Waals surface area contributed by atoms with Gasteiger partial charge < -0.3 is 9.72 Å². The fraction of sp³-hybridized carbons (Fsp3) is 0.294. The van der Waals surface area contributed by atoms with Crippen LogP contribution in [-0.4, -0.2) is 22.5 Å². The van der Waals surface area contributed by atoms with Crippen molar-refractivity contribution in [1.29, 1.82) is 0 Å². The number of benzene rings is 1. The standard InChI is InChI=1S/C15H14N2O2S.2CH4/c1-3-19-15(18)11-8-12-13(16-11)17-14(20-12)10-7-5-4-6-9(10)2;;/h4-8,16H,3H2,1-2H3;2*1H4. The van der Waals surface area contributed by atoms with Crippen LogP contribution in [0.3, 0.4) is 0 Å². The normalized spacial score (nSPS) is 9.91. The van der Waals surface area contributed by atoms with Gasteiger partial charge in [0.05, 0.1) is 11.3 Å². The molecule has 0 bridgehead atoms. The van der Waals surface area contributed by atoms with Crippen molar-refractivity contribution in [2.75, 3.05) is 6.61 Å². The van der Waals surface area contributed by atoms with E-state index in [4.69, 9.17) is 4.74 Å². The second-order valence-electron chi connectivity index (χ2n) is 4.45. The number of thiazole rings is 1. The maximum atomic E-state index is 11.6. The lowest BCUT2D eigenvalue weighted by Gasteiger charge is -2.00. The van der Waals surface area contributed by atoms with Gasteiger partial charge in [0, 0.05) is 5.56 Å². The summed E-state index contributed by atoms with van der Waals surface area (Å²) in [5.41, 5.74) is 3.50. The van der Waals surface area contributed by atoms with Crippen molar-refractivity contribution < 1.29 is 9.53 Å². The van der Waals surface area contributed by atoms with Gasteiger partial charge >= 0.3 is 5.97 Å². The van der Waals surface area contributed by atoms with Crippen LogP contribution in [0, 0.1) is 6.92 Å². The van der Waals surface area contributed by atoms with Crippen LogP contribution in [0.5, 0.6) is 0 Å². The van der Waals surface area contributed by atoms with Crippen LogP contribution in [0.15, 0.2) is 30.3 Å². The fourth-order valence-corrected chi connectivity index (χ4v) is 3.12. The average Bonchev–Trinajstić information content (AvgIpc) is 2.97. The lowest BCUT2D eigenvalue weighted by molar-refractivity contribution is 0.0520. The lowest BCUT2D eigenvalue weighted by atomic mass is 10.1. The highest BCUT2D eigenvalue weighted by Gasteiger charge is 2.15. The van der Waals surface area contributed by atoms with Crippen LogP contribution >= 0.6 is 11.3 Å². The van der Waals surface area contributed by atoms with Gasteiger partial charge in [-0.1, -0.05) is 39.1 Å². The number of carbonyl (C=O) groups is 1. The SMILES string of the molecule is C.C.CCOC(=O)c1cc2sc(-c3ccccc3C)nc2[nH]1. The van der Waals surface area contributed by atoms with E-state index in [-0.39, 0.29) is 20.8 Å². The number of carbonyl (C=O) groups excluding carboxylic acids is 1. The molecule has 1 aromatic carbocycles. The maximum Gasteiger partial charge on any atom is 0.354 e. The molecular weight excluding hydrogens is 296 g/mol. The van der Waals surface area contributed by atoms with Crippen molar-refractivity contribution in [2.45, 2.75) is 28.7 Å². The Balaban J connectivity index is 0.00000121. The second-order valence-corrected chi connectivity index (χ2v) is 5.48. The molecule has 5 heteroatoms. The highest BCUT2D eigenvalue weighted by atomic mass is 32.1. The molecule has 0 radical (unpaired) electrons. The number of nitrogens with one attached hydrogen (secondary N) is 1. The molecule has 0 amide bonds. The molecule has 0 fully saturated rings. The number of fused-ring (bicyclic) bond motifs is 1. The summed E-state index contributed by atoms with van der Waals surface area (Å²) >= 11 is 1.57. The minimum Gasteiger partial charge on any atom is -0.461 e. The Bertz CT molecular complexity index is 742. The topological polar surface area (TPSA) is 55.0 Å². The van der Waals surface area contributed by atoms with Gasteiger partial charge in [0.2, 0.25) is 0 Å². The van der Waals surface area contributed by atoms with Gasteiger partial charge in [0.25, 0.3) is 0 Å². The minimum absolute atomic E-state index is 0. The third kappa shape index (κ3) is 3.20. The predicted octanol–water partition coefficient (Wildman–Crippen LogP) is 5.05. The largest absolute Gasteiger partial charge is 0.461 e. The second kappa shape index (κ2) is 7.22. The monoisotopic (exact) mass is 318 g/mol. The molecule has 4 nitrogen and oxygen atoms in total. The first-order valence-electron chi connectivity index (χ1n) is 6.41. The molecule has 2 heterocycles. The Morgan fingerprint density at radius 2 is 2.05 bits per heavy atom. The number of aromatic nitrogens is 2. The third-order valence-electron chi connectivity index (χ3n) is 3.05. The molecule has 0 aliphatic carbocycles. The van der Waals surface area contributed by atoms with Crippen LogP contribution in [0.25, 0.3) is 20.9 Å². The van der Waals surface area contributed by atoms with E-state index in [9.17, 15) is 4.79 Å². The fourth-order valence-electron chi connectivity index (χ4n) is 2.06. The number of aromatic amines is 1.